The van der Waals surface area contributed by atoms with E-state index in [2.05, 4.69) is 20.8 Å². The molecule has 1 heterocycles. The van der Waals surface area contributed by atoms with Crippen LogP contribution in [0.1, 0.15) is 47.5 Å². The molecule has 1 fully saturated rings. The lowest BCUT2D eigenvalue weighted by Crippen LogP contribution is -2.36. The summed E-state index contributed by atoms with van der Waals surface area (Å²) in [4.78, 5) is 23.7. The fraction of sp³-hybridized carbons (Fsp3) is 0.867. The van der Waals surface area contributed by atoms with Crippen LogP contribution in [0.2, 0.25) is 0 Å². The Kier molecular flexibility index (Phi) is 5.98. The van der Waals surface area contributed by atoms with Crippen molar-refractivity contribution in [1.29, 1.82) is 0 Å². The zero-order valence-electron chi connectivity index (χ0n) is 12.6. The number of rotatable bonds is 7. The second-order valence-corrected chi connectivity index (χ2v) is 6.09. The molecule has 0 N–H and O–H groups in total. The van der Waals surface area contributed by atoms with Gasteiger partial charge in [0.05, 0.1) is 17.9 Å². The van der Waals surface area contributed by atoms with Crippen LogP contribution < -0.4 is 0 Å². The van der Waals surface area contributed by atoms with Crippen molar-refractivity contribution in [2.45, 2.75) is 53.6 Å². The monoisotopic (exact) mass is 270 g/mol. The first-order chi connectivity index (χ1) is 8.88. The van der Waals surface area contributed by atoms with E-state index >= 15 is 0 Å². The van der Waals surface area contributed by atoms with E-state index in [4.69, 9.17) is 9.47 Å². The van der Waals surface area contributed by atoms with E-state index in [9.17, 15) is 9.59 Å². The molecule has 1 aliphatic heterocycles. The summed E-state index contributed by atoms with van der Waals surface area (Å²) < 4.78 is 10.7. The molecule has 0 saturated carbocycles. The molecule has 4 heteroatoms. The highest BCUT2D eigenvalue weighted by atomic mass is 16.6. The third kappa shape index (κ3) is 4.03. The third-order valence-corrected chi connectivity index (χ3v) is 3.47. The van der Waals surface area contributed by atoms with Gasteiger partial charge in [-0.2, -0.15) is 0 Å². The van der Waals surface area contributed by atoms with Crippen LogP contribution >= 0.6 is 0 Å². The number of hydrogen-bond donors (Lipinski definition) is 0. The van der Waals surface area contributed by atoms with Crippen LogP contribution in [-0.2, 0) is 19.1 Å². The first-order valence-electron chi connectivity index (χ1n) is 7.25. The van der Waals surface area contributed by atoms with Gasteiger partial charge in [0.15, 0.2) is 0 Å². The van der Waals surface area contributed by atoms with Gasteiger partial charge in [0, 0.05) is 6.61 Å². The molecule has 1 aliphatic rings. The number of esters is 2. The molecule has 0 aromatic rings. The molecule has 4 nitrogen and oxygen atoms in total. The first kappa shape index (κ1) is 16.2. The highest BCUT2D eigenvalue weighted by Crippen LogP contribution is 2.35. The average molecular weight is 270 g/mol. The van der Waals surface area contributed by atoms with E-state index in [0.717, 1.165) is 12.8 Å². The predicted octanol–water partition coefficient (Wildman–Crippen LogP) is 2.80. The van der Waals surface area contributed by atoms with Crippen molar-refractivity contribution in [2.75, 3.05) is 6.61 Å². The predicted molar refractivity (Wildman–Crippen MR) is 72.4 cm³/mol. The molecule has 1 rings (SSSR count). The molecular formula is C15H26O4. The van der Waals surface area contributed by atoms with Gasteiger partial charge >= 0.3 is 11.9 Å². The summed E-state index contributed by atoms with van der Waals surface area (Å²) in [5.74, 6) is -1.11. The molecule has 19 heavy (non-hydrogen) atoms. The third-order valence-electron chi connectivity index (χ3n) is 3.47. The molecule has 0 aromatic carbocycles. The van der Waals surface area contributed by atoms with Crippen molar-refractivity contribution < 1.29 is 19.1 Å². The fourth-order valence-electron chi connectivity index (χ4n) is 2.57. The summed E-state index contributed by atoms with van der Waals surface area (Å²) in [6, 6.07) is 0. The Bertz CT molecular complexity index is 322. The van der Waals surface area contributed by atoms with Crippen molar-refractivity contribution in [3.63, 3.8) is 0 Å². The molecule has 0 aliphatic carbocycles. The summed E-state index contributed by atoms with van der Waals surface area (Å²) in [5, 5.41) is 0. The van der Waals surface area contributed by atoms with Gasteiger partial charge in [0.25, 0.3) is 0 Å². The van der Waals surface area contributed by atoms with Crippen LogP contribution in [0, 0.1) is 23.7 Å². The van der Waals surface area contributed by atoms with Crippen molar-refractivity contribution in [2.24, 2.45) is 23.7 Å². The maximum absolute atomic E-state index is 11.9. The molecule has 3 atom stereocenters. The Morgan fingerprint density at radius 3 is 2.16 bits per heavy atom. The normalized spacial score (nSPS) is 25.2. The van der Waals surface area contributed by atoms with Gasteiger partial charge in [-0.05, 0) is 18.3 Å². The Morgan fingerprint density at radius 1 is 1.11 bits per heavy atom. The Hall–Kier alpha value is -0.900. The minimum absolute atomic E-state index is 0.0888. The lowest BCUT2D eigenvalue weighted by Gasteiger charge is -2.26. The van der Waals surface area contributed by atoms with Crippen LogP contribution in [-0.4, -0.2) is 24.6 Å². The number of hydrogen-bond acceptors (Lipinski definition) is 4. The summed E-state index contributed by atoms with van der Waals surface area (Å²) >= 11 is 0. The van der Waals surface area contributed by atoms with Crippen molar-refractivity contribution in [3.05, 3.63) is 0 Å². The first-order valence-corrected chi connectivity index (χ1v) is 7.25. The Morgan fingerprint density at radius 2 is 1.68 bits per heavy atom. The van der Waals surface area contributed by atoms with Gasteiger partial charge in [-0.25, -0.2) is 0 Å². The smallest absolute Gasteiger partial charge is 0.320 e. The minimum Gasteiger partial charge on any atom is -0.393 e. The lowest BCUT2D eigenvalue weighted by molar-refractivity contribution is -0.155. The van der Waals surface area contributed by atoms with E-state index in [1.54, 1.807) is 0 Å². The summed E-state index contributed by atoms with van der Waals surface area (Å²) in [5.41, 5.74) is 0. The van der Waals surface area contributed by atoms with E-state index in [1.807, 2.05) is 13.8 Å². The molecular weight excluding hydrogens is 244 g/mol. The molecule has 0 aromatic heterocycles. The van der Waals surface area contributed by atoms with Crippen LogP contribution in [0.5, 0.6) is 0 Å². The van der Waals surface area contributed by atoms with Crippen LogP contribution in [0.3, 0.4) is 0 Å². The van der Waals surface area contributed by atoms with Crippen LogP contribution in [0.15, 0.2) is 0 Å². The summed E-state index contributed by atoms with van der Waals surface area (Å²) in [6.07, 6.45) is 1.49. The quantitative estimate of drug-likeness (QED) is 0.527. The van der Waals surface area contributed by atoms with Gasteiger partial charge in [-0.1, -0.05) is 41.0 Å². The number of carbonyl (C=O) groups is 2. The van der Waals surface area contributed by atoms with Gasteiger partial charge in [0.2, 0.25) is 0 Å². The Labute approximate surface area is 115 Å². The number of carbonyl (C=O) groups excluding carboxylic acids is 2. The second kappa shape index (κ2) is 7.04. The molecule has 3 unspecified atom stereocenters. The van der Waals surface area contributed by atoms with Crippen LogP contribution in [0.25, 0.3) is 0 Å². The van der Waals surface area contributed by atoms with E-state index in [-0.39, 0.29) is 23.9 Å². The molecule has 0 bridgehead atoms. The largest absolute Gasteiger partial charge is 0.393 e. The SMILES string of the molecule is CCCC(OCC(C)C)C1C(=O)OC(=O)C1C(C)C. The maximum atomic E-state index is 11.9. The standard InChI is InChI=1S/C15H26O4/c1-6-7-11(18-8-9(2)3)13-12(10(4)5)14(16)19-15(13)17/h9-13H,6-8H2,1-5H3. The van der Waals surface area contributed by atoms with Crippen molar-refractivity contribution in [3.8, 4) is 0 Å². The minimum atomic E-state index is -0.439. The second-order valence-electron chi connectivity index (χ2n) is 6.09. The maximum Gasteiger partial charge on any atom is 0.320 e. The van der Waals surface area contributed by atoms with Crippen LogP contribution in [0.4, 0.5) is 0 Å². The topological polar surface area (TPSA) is 52.6 Å². The fourth-order valence-corrected chi connectivity index (χ4v) is 2.57. The highest BCUT2D eigenvalue weighted by Gasteiger charge is 2.49. The molecule has 110 valence electrons. The zero-order valence-corrected chi connectivity index (χ0v) is 12.6. The molecule has 1 saturated heterocycles. The van der Waals surface area contributed by atoms with Gasteiger partial charge in [-0.15, -0.1) is 0 Å². The van der Waals surface area contributed by atoms with Gasteiger partial charge in [0.1, 0.15) is 0 Å². The Balaban J connectivity index is 2.85. The average Bonchev–Trinajstić information content (AvgIpc) is 2.59. The van der Waals surface area contributed by atoms with Crippen molar-refractivity contribution in [1.82, 2.24) is 0 Å². The molecule has 0 spiro atoms. The van der Waals surface area contributed by atoms with E-state index in [0.29, 0.717) is 12.5 Å². The van der Waals surface area contributed by atoms with E-state index < -0.39 is 11.9 Å². The van der Waals surface area contributed by atoms with Gasteiger partial charge < -0.3 is 9.47 Å². The highest BCUT2D eigenvalue weighted by molar-refractivity contribution is 5.96. The summed E-state index contributed by atoms with van der Waals surface area (Å²) in [6.45, 7) is 10.7. The van der Waals surface area contributed by atoms with Crippen molar-refractivity contribution >= 4 is 11.9 Å². The lowest BCUT2D eigenvalue weighted by atomic mass is 9.80. The number of cyclic esters (lactones) is 2. The zero-order chi connectivity index (χ0) is 14.6. The van der Waals surface area contributed by atoms with E-state index in [1.165, 1.54) is 0 Å². The summed E-state index contributed by atoms with van der Waals surface area (Å²) in [7, 11) is 0. The number of ether oxygens (including phenoxy) is 2. The molecule has 0 amide bonds. The molecule has 0 radical (unpaired) electrons. The van der Waals surface area contributed by atoms with Gasteiger partial charge in [-0.3, -0.25) is 9.59 Å².